The topological polar surface area (TPSA) is 74.3 Å². The summed E-state index contributed by atoms with van der Waals surface area (Å²) < 4.78 is 33.0. The third-order valence-corrected chi connectivity index (χ3v) is 6.44. The number of carbonyl (C=O) groups excluding carboxylic acids is 1. The summed E-state index contributed by atoms with van der Waals surface area (Å²) in [6.07, 6.45) is 1.33. The Kier molecular flexibility index (Phi) is 2.58. The van der Waals surface area contributed by atoms with Crippen LogP contribution in [0.3, 0.4) is 0 Å². The number of hydrogen-bond donors (Lipinski definition) is 0. The first-order chi connectivity index (χ1) is 7.12. The van der Waals surface area contributed by atoms with Crippen molar-refractivity contribution >= 4 is 31.8 Å². The molecule has 2 aliphatic rings. The predicted molar refractivity (Wildman–Crippen MR) is 61.2 cm³/mol. The minimum absolute atomic E-state index is 0.104. The first-order valence-corrected chi connectivity index (χ1v) is 7.73. The molecule has 0 radical (unpaired) electrons. The van der Waals surface area contributed by atoms with Gasteiger partial charge in [-0.1, -0.05) is 29.8 Å². The third-order valence-electron chi connectivity index (χ3n) is 4.54. The van der Waals surface area contributed by atoms with Gasteiger partial charge in [0.2, 0.25) is 0 Å². The van der Waals surface area contributed by atoms with Gasteiger partial charge < -0.3 is 4.55 Å². The molecule has 0 aromatic heterocycles. The summed E-state index contributed by atoms with van der Waals surface area (Å²) in [4.78, 5) is 11.8. The highest BCUT2D eigenvalue weighted by atomic mass is 79.9. The number of alkyl halides is 1. The second-order valence-corrected chi connectivity index (χ2v) is 7.81. The van der Waals surface area contributed by atoms with E-state index in [1.807, 2.05) is 13.8 Å². The lowest BCUT2D eigenvalue weighted by molar-refractivity contribution is -0.127. The number of rotatable bonds is 2. The zero-order valence-electron chi connectivity index (χ0n) is 9.20. The molecule has 2 saturated carbocycles. The Balaban J connectivity index is 2.50. The van der Waals surface area contributed by atoms with Gasteiger partial charge in [0.15, 0.2) is 5.78 Å². The summed E-state index contributed by atoms with van der Waals surface area (Å²) in [5.41, 5.74) is -1.37. The summed E-state index contributed by atoms with van der Waals surface area (Å²) in [5, 5.41) is 0. The number of hydrogen-bond acceptors (Lipinski definition) is 4. The fourth-order valence-corrected chi connectivity index (χ4v) is 6.10. The van der Waals surface area contributed by atoms with Crippen LogP contribution in [0.25, 0.3) is 0 Å². The van der Waals surface area contributed by atoms with E-state index >= 15 is 0 Å². The van der Waals surface area contributed by atoms with Crippen molar-refractivity contribution in [2.24, 2.45) is 16.7 Å². The third kappa shape index (κ3) is 1.42. The SMILES string of the molecule is CC1(C)C2CCC1(CS(=O)(=O)[O-])C(=O)C2Br. The van der Waals surface area contributed by atoms with E-state index in [-0.39, 0.29) is 16.5 Å². The Morgan fingerprint density at radius 1 is 1.50 bits per heavy atom. The van der Waals surface area contributed by atoms with Gasteiger partial charge in [-0.05, 0) is 24.2 Å². The minimum atomic E-state index is -4.37. The molecule has 2 rings (SSSR count). The van der Waals surface area contributed by atoms with E-state index in [1.54, 1.807) is 0 Å². The zero-order chi connectivity index (χ0) is 12.4. The summed E-state index contributed by atoms with van der Waals surface area (Å²) >= 11 is 3.33. The standard InChI is InChI=1S/C10H15BrO4S/c1-9(2)6-3-4-10(9,5-16(13,14)15)8(12)7(6)11/h6-7H,3-5H2,1-2H3,(H,13,14,15)/p-1. The molecule has 3 atom stereocenters. The normalized spacial score (nSPS) is 41.6. The lowest BCUT2D eigenvalue weighted by Gasteiger charge is -2.36. The van der Waals surface area contributed by atoms with Crippen LogP contribution in [0.5, 0.6) is 0 Å². The van der Waals surface area contributed by atoms with Gasteiger partial charge in [-0.25, -0.2) is 8.42 Å². The summed E-state index contributed by atoms with van der Waals surface area (Å²) in [6, 6.07) is 0. The molecular weight excluding hydrogens is 296 g/mol. The lowest BCUT2D eigenvalue weighted by atomic mass is 9.70. The van der Waals surface area contributed by atoms with Crippen molar-refractivity contribution in [3.8, 4) is 0 Å². The van der Waals surface area contributed by atoms with Crippen molar-refractivity contribution in [1.29, 1.82) is 0 Å². The molecule has 0 aromatic carbocycles. The van der Waals surface area contributed by atoms with Gasteiger partial charge in [0.1, 0.15) is 0 Å². The number of fused-ring (bicyclic) bond motifs is 2. The average molecular weight is 310 g/mol. The predicted octanol–water partition coefficient (Wildman–Crippen LogP) is 1.30. The molecule has 0 amide bonds. The van der Waals surface area contributed by atoms with Crippen LogP contribution in [0.15, 0.2) is 0 Å². The summed E-state index contributed by atoms with van der Waals surface area (Å²) in [7, 11) is -4.37. The van der Waals surface area contributed by atoms with Crippen LogP contribution < -0.4 is 0 Å². The maximum absolute atomic E-state index is 12.1. The average Bonchev–Trinajstić information content (AvgIpc) is 2.39. The van der Waals surface area contributed by atoms with E-state index in [1.165, 1.54) is 0 Å². The molecule has 0 aliphatic heterocycles. The van der Waals surface area contributed by atoms with Gasteiger partial charge in [0.25, 0.3) is 0 Å². The Hall–Kier alpha value is 0.0600. The highest BCUT2D eigenvalue weighted by Gasteiger charge is 2.68. The Morgan fingerprint density at radius 3 is 2.44 bits per heavy atom. The molecule has 2 fully saturated rings. The minimum Gasteiger partial charge on any atom is -0.748 e. The largest absolute Gasteiger partial charge is 0.748 e. The van der Waals surface area contributed by atoms with E-state index in [2.05, 4.69) is 15.9 Å². The monoisotopic (exact) mass is 309 g/mol. The quantitative estimate of drug-likeness (QED) is 0.569. The second-order valence-electron chi connectivity index (χ2n) is 5.42. The van der Waals surface area contributed by atoms with Crippen molar-refractivity contribution < 1.29 is 17.8 Å². The maximum Gasteiger partial charge on any atom is 0.154 e. The molecule has 4 nitrogen and oxygen atoms in total. The summed E-state index contributed by atoms with van der Waals surface area (Å²) in [6.45, 7) is 3.80. The Morgan fingerprint density at radius 2 is 2.06 bits per heavy atom. The number of Topliss-reactive ketones (excluding diaryl/α,β-unsaturated/α-hetero) is 1. The molecule has 2 bridgehead atoms. The van der Waals surface area contributed by atoms with Gasteiger partial charge in [-0.3, -0.25) is 4.79 Å². The Labute approximate surface area is 104 Å². The van der Waals surface area contributed by atoms with E-state index < -0.39 is 26.7 Å². The summed E-state index contributed by atoms with van der Waals surface area (Å²) in [5.74, 6) is -0.514. The molecule has 0 aromatic rings. The van der Waals surface area contributed by atoms with E-state index in [4.69, 9.17) is 0 Å². The van der Waals surface area contributed by atoms with Crippen molar-refractivity contribution in [3.05, 3.63) is 0 Å². The van der Waals surface area contributed by atoms with Gasteiger partial charge >= 0.3 is 0 Å². The molecule has 2 aliphatic carbocycles. The zero-order valence-corrected chi connectivity index (χ0v) is 11.6. The van der Waals surface area contributed by atoms with Crippen LogP contribution in [0.2, 0.25) is 0 Å². The molecule has 0 spiro atoms. The van der Waals surface area contributed by atoms with Gasteiger partial charge in [0.05, 0.1) is 20.7 Å². The van der Waals surface area contributed by atoms with Gasteiger partial charge in [-0.15, -0.1) is 0 Å². The van der Waals surface area contributed by atoms with Crippen molar-refractivity contribution in [2.45, 2.75) is 31.5 Å². The molecular formula is C10H14BrO4S-. The van der Waals surface area contributed by atoms with E-state index in [0.29, 0.717) is 6.42 Å². The fourth-order valence-electron chi connectivity index (χ4n) is 3.47. The number of carbonyl (C=O) groups is 1. The van der Waals surface area contributed by atoms with E-state index in [0.717, 1.165) is 6.42 Å². The second kappa shape index (κ2) is 3.29. The van der Waals surface area contributed by atoms with Gasteiger partial charge in [0, 0.05) is 5.41 Å². The van der Waals surface area contributed by atoms with Crippen LogP contribution in [0.4, 0.5) is 0 Å². The van der Waals surface area contributed by atoms with Crippen LogP contribution in [0, 0.1) is 16.7 Å². The smallest absolute Gasteiger partial charge is 0.154 e. The van der Waals surface area contributed by atoms with Crippen molar-refractivity contribution in [2.75, 3.05) is 5.75 Å². The fraction of sp³-hybridized carbons (Fsp3) is 0.900. The lowest BCUT2D eigenvalue weighted by Crippen LogP contribution is -2.43. The van der Waals surface area contributed by atoms with E-state index in [9.17, 15) is 17.8 Å². The van der Waals surface area contributed by atoms with Crippen LogP contribution in [0.1, 0.15) is 26.7 Å². The van der Waals surface area contributed by atoms with Crippen LogP contribution in [-0.2, 0) is 14.9 Å². The number of ketones is 1. The van der Waals surface area contributed by atoms with Crippen LogP contribution >= 0.6 is 15.9 Å². The molecule has 16 heavy (non-hydrogen) atoms. The molecule has 3 unspecified atom stereocenters. The molecule has 0 heterocycles. The Bertz CT molecular complexity index is 442. The van der Waals surface area contributed by atoms with Crippen molar-refractivity contribution in [3.63, 3.8) is 0 Å². The van der Waals surface area contributed by atoms with Crippen LogP contribution in [-0.4, -0.2) is 29.3 Å². The maximum atomic E-state index is 12.1. The molecule has 92 valence electrons. The van der Waals surface area contributed by atoms with Crippen molar-refractivity contribution in [1.82, 2.24) is 0 Å². The van der Waals surface area contributed by atoms with Gasteiger partial charge in [-0.2, -0.15) is 0 Å². The highest BCUT2D eigenvalue weighted by Crippen LogP contribution is 2.65. The highest BCUT2D eigenvalue weighted by molar-refractivity contribution is 9.10. The number of halogens is 1. The molecule has 0 N–H and O–H groups in total. The first kappa shape index (κ1) is 12.5. The molecule has 0 saturated heterocycles. The first-order valence-electron chi connectivity index (χ1n) is 5.24. The molecule has 6 heteroatoms.